The van der Waals surface area contributed by atoms with Crippen LogP contribution in [0.4, 0.5) is 4.79 Å². The molecule has 1 atom stereocenters. The Bertz CT molecular complexity index is 775. The van der Waals surface area contributed by atoms with Gasteiger partial charge >= 0.3 is 6.03 Å². The fourth-order valence-corrected chi connectivity index (χ4v) is 3.67. The van der Waals surface area contributed by atoms with E-state index in [9.17, 15) is 4.79 Å². The Morgan fingerprint density at radius 2 is 2.07 bits per heavy atom. The first-order chi connectivity index (χ1) is 14.3. The minimum Gasteiger partial charge on any atom is -0.381 e. The first-order valence-corrected chi connectivity index (χ1v) is 10.7. The van der Waals surface area contributed by atoms with E-state index in [0.717, 1.165) is 38.3 Å². The summed E-state index contributed by atoms with van der Waals surface area (Å²) in [7, 11) is 0. The maximum atomic E-state index is 12.5. The third-order valence-electron chi connectivity index (χ3n) is 5.59. The minimum absolute atomic E-state index is 0.0150. The molecule has 1 saturated carbocycles. The lowest BCUT2D eigenvalue weighted by Crippen LogP contribution is -2.45. The van der Waals surface area contributed by atoms with Gasteiger partial charge in [0.1, 0.15) is 0 Å². The molecule has 4 rings (SSSR count). The summed E-state index contributed by atoms with van der Waals surface area (Å²) in [5, 5.41) is 7.12. The number of amides is 2. The molecular formula is C22H30N4O3. The highest BCUT2D eigenvalue weighted by molar-refractivity contribution is 5.74. The molecule has 2 amide bonds. The molecule has 156 valence electrons. The van der Waals surface area contributed by atoms with Gasteiger partial charge in [0.25, 0.3) is 0 Å². The summed E-state index contributed by atoms with van der Waals surface area (Å²) in [6, 6.07) is 10.2. The molecule has 0 radical (unpaired) electrons. The second-order valence-electron chi connectivity index (χ2n) is 8.07. The summed E-state index contributed by atoms with van der Waals surface area (Å²) in [6.45, 7) is 3.51. The quantitative estimate of drug-likeness (QED) is 0.656. The lowest BCUT2D eigenvalue weighted by molar-refractivity contribution is 0.125. The lowest BCUT2D eigenvalue weighted by atomic mass is 9.98. The standard InChI is InChI=1S/C22H30N4O3/c27-22(23-12-10-17-5-2-1-3-6-17)26-13-4-7-19(15-26)21-24-20(25-29-21)11-14-28-16-18-8-9-18/h1-3,5-6,18-19H,4,7-16H2,(H,23,27). The van der Waals surface area contributed by atoms with Crippen molar-refractivity contribution in [3.05, 3.63) is 47.6 Å². The number of rotatable bonds is 9. The van der Waals surface area contributed by atoms with Gasteiger partial charge < -0.3 is 19.5 Å². The van der Waals surface area contributed by atoms with Gasteiger partial charge in [-0.05, 0) is 43.6 Å². The highest BCUT2D eigenvalue weighted by Crippen LogP contribution is 2.29. The normalized spacial score (nSPS) is 19.3. The van der Waals surface area contributed by atoms with Gasteiger partial charge in [-0.3, -0.25) is 0 Å². The molecule has 1 aromatic carbocycles. The third kappa shape index (κ3) is 6.03. The summed E-state index contributed by atoms with van der Waals surface area (Å²) >= 11 is 0. The van der Waals surface area contributed by atoms with Gasteiger partial charge in [0.2, 0.25) is 5.89 Å². The molecule has 2 heterocycles. The number of nitrogens with zero attached hydrogens (tertiary/aromatic N) is 3. The van der Waals surface area contributed by atoms with Crippen LogP contribution in [0.1, 0.15) is 48.9 Å². The van der Waals surface area contributed by atoms with E-state index in [-0.39, 0.29) is 11.9 Å². The van der Waals surface area contributed by atoms with Crippen molar-refractivity contribution in [2.75, 3.05) is 32.8 Å². The van der Waals surface area contributed by atoms with Crippen LogP contribution in [0.5, 0.6) is 0 Å². The lowest BCUT2D eigenvalue weighted by Gasteiger charge is -2.31. The monoisotopic (exact) mass is 398 g/mol. The Morgan fingerprint density at radius 1 is 1.21 bits per heavy atom. The fourth-order valence-electron chi connectivity index (χ4n) is 3.67. The Balaban J connectivity index is 1.20. The van der Waals surface area contributed by atoms with Crippen molar-refractivity contribution >= 4 is 6.03 Å². The molecule has 0 bridgehead atoms. The molecule has 1 saturated heterocycles. The second-order valence-corrected chi connectivity index (χ2v) is 8.07. The summed E-state index contributed by atoms with van der Waals surface area (Å²) in [6.07, 6.45) is 6.01. The number of nitrogens with one attached hydrogen (secondary N) is 1. The van der Waals surface area contributed by atoms with Crippen LogP contribution in [0.2, 0.25) is 0 Å². The topological polar surface area (TPSA) is 80.5 Å². The van der Waals surface area contributed by atoms with Gasteiger partial charge in [-0.2, -0.15) is 4.98 Å². The van der Waals surface area contributed by atoms with Crippen LogP contribution in [0.25, 0.3) is 0 Å². The zero-order valence-corrected chi connectivity index (χ0v) is 16.9. The molecular weight excluding hydrogens is 368 g/mol. The summed E-state index contributed by atoms with van der Waals surface area (Å²) in [5.41, 5.74) is 1.23. The number of hydrogen-bond donors (Lipinski definition) is 1. The highest BCUT2D eigenvalue weighted by Gasteiger charge is 2.28. The van der Waals surface area contributed by atoms with E-state index in [2.05, 4.69) is 27.6 Å². The van der Waals surface area contributed by atoms with Crippen molar-refractivity contribution < 1.29 is 14.1 Å². The number of carbonyl (C=O) groups excluding carboxylic acids is 1. The van der Waals surface area contributed by atoms with Gasteiger partial charge in [0.05, 0.1) is 12.5 Å². The molecule has 2 aromatic rings. The molecule has 1 unspecified atom stereocenters. The number of hydrogen-bond acceptors (Lipinski definition) is 5. The van der Waals surface area contributed by atoms with E-state index in [0.29, 0.717) is 37.8 Å². The maximum Gasteiger partial charge on any atom is 0.317 e. The van der Waals surface area contributed by atoms with E-state index in [4.69, 9.17) is 9.26 Å². The van der Waals surface area contributed by atoms with Crippen molar-refractivity contribution in [2.45, 2.75) is 44.4 Å². The number of urea groups is 1. The largest absolute Gasteiger partial charge is 0.381 e. The Labute approximate surface area is 171 Å². The Hall–Kier alpha value is -2.41. The molecule has 0 spiro atoms. The average molecular weight is 399 g/mol. The molecule has 1 aliphatic carbocycles. The van der Waals surface area contributed by atoms with Crippen LogP contribution < -0.4 is 5.32 Å². The predicted octanol–water partition coefficient (Wildman–Crippen LogP) is 3.17. The van der Waals surface area contributed by atoms with Gasteiger partial charge in [0.15, 0.2) is 5.82 Å². The highest BCUT2D eigenvalue weighted by atomic mass is 16.5. The van der Waals surface area contributed by atoms with Crippen molar-refractivity contribution in [1.82, 2.24) is 20.4 Å². The van der Waals surface area contributed by atoms with Crippen LogP contribution >= 0.6 is 0 Å². The first kappa shape index (κ1) is 19.9. The number of benzene rings is 1. The zero-order valence-electron chi connectivity index (χ0n) is 16.9. The maximum absolute atomic E-state index is 12.5. The SMILES string of the molecule is O=C(NCCc1ccccc1)N1CCCC(c2nc(CCOCC3CC3)no2)C1. The number of likely N-dealkylation sites (tertiary alicyclic amines) is 1. The molecule has 29 heavy (non-hydrogen) atoms. The van der Waals surface area contributed by atoms with Crippen LogP contribution in [0.15, 0.2) is 34.9 Å². The molecule has 2 aliphatic rings. The molecule has 1 N–H and O–H groups in total. The van der Waals surface area contributed by atoms with Crippen molar-refractivity contribution in [1.29, 1.82) is 0 Å². The number of piperidine rings is 1. The van der Waals surface area contributed by atoms with Crippen LogP contribution in [-0.2, 0) is 17.6 Å². The number of aromatic nitrogens is 2. The van der Waals surface area contributed by atoms with Gasteiger partial charge in [0, 0.05) is 32.7 Å². The van der Waals surface area contributed by atoms with Crippen LogP contribution in [-0.4, -0.2) is 53.9 Å². The first-order valence-electron chi connectivity index (χ1n) is 10.7. The van der Waals surface area contributed by atoms with Crippen molar-refractivity contribution in [3.63, 3.8) is 0 Å². The average Bonchev–Trinajstić information content (AvgIpc) is 3.47. The van der Waals surface area contributed by atoms with Gasteiger partial charge in [-0.25, -0.2) is 4.79 Å². The Kier molecular flexibility index (Phi) is 6.77. The van der Waals surface area contributed by atoms with E-state index in [1.807, 2.05) is 23.1 Å². The number of ether oxygens (including phenoxy) is 1. The van der Waals surface area contributed by atoms with Gasteiger partial charge in [-0.15, -0.1) is 0 Å². The summed E-state index contributed by atoms with van der Waals surface area (Å²) in [4.78, 5) is 18.9. The smallest absolute Gasteiger partial charge is 0.317 e. The molecule has 1 aromatic heterocycles. The molecule has 2 fully saturated rings. The zero-order chi connectivity index (χ0) is 19.9. The number of carbonyl (C=O) groups is 1. The minimum atomic E-state index is -0.0150. The molecule has 7 heteroatoms. The van der Waals surface area contributed by atoms with Crippen molar-refractivity contribution in [3.8, 4) is 0 Å². The van der Waals surface area contributed by atoms with E-state index in [1.165, 1.54) is 18.4 Å². The van der Waals surface area contributed by atoms with Crippen LogP contribution in [0, 0.1) is 5.92 Å². The van der Waals surface area contributed by atoms with E-state index >= 15 is 0 Å². The Morgan fingerprint density at radius 3 is 2.90 bits per heavy atom. The van der Waals surface area contributed by atoms with Crippen LogP contribution in [0.3, 0.4) is 0 Å². The second kappa shape index (κ2) is 9.87. The van der Waals surface area contributed by atoms with E-state index in [1.54, 1.807) is 0 Å². The fraction of sp³-hybridized carbons (Fsp3) is 0.591. The third-order valence-corrected chi connectivity index (χ3v) is 5.59. The summed E-state index contributed by atoms with van der Waals surface area (Å²) in [5.74, 6) is 2.21. The summed E-state index contributed by atoms with van der Waals surface area (Å²) < 4.78 is 11.1. The van der Waals surface area contributed by atoms with Crippen molar-refractivity contribution in [2.24, 2.45) is 5.92 Å². The molecule has 1 aliphatic heterocycles. The van der Waals surface area contributed by atoms with E-state index < -0.39 is 0 Å². The predicted molar refractivity (Wildman–Crippen MR) is 109 cm³/mol. The van der Waals surface area contributed by atoms with Gasteiger partial charge in [-0.1, -0.05) is 35.5 Å². The molecule has 7 nitrogen and oxygen atoms in total.